The summed E-state index contributed by atoms with van der Waals surface area (Å²) in [5.74, 6) is 3.31. The van der Waals surface area contributed by atoms with Gasteiger partial charge in [-0.3, -0.25) is 0 Å². The minimum absolute atomic E-state index is 0.168. The molecule has 0 amide bonds. The molecule has 1 fully saturated rings. The molecule has 1 aliphatic carbocycles. The molecule has 3 rings (SSSR count). The van der Waals surface area contributed by atoms with Gasteiger partial charge in [-0.25, -0.2) is 0 Å². The Morgan fingerprint density at radius 1 is 0.917 bits per heavy atom. The van der Waals surface area contributed by atoms with E-state index in [-0.39, 0.29) is 11.8 Å². The molecule has 2 aromatic rings. The molecule has 0 saturated heterocycles. The number of rotatable bonds is 11. The summed E-state index contributed by atoms with van der Waals surface area (Å²) in [6, 6.07) is 15.4. The third kappa shape index (κ3) is 5.57. The van der Waals surface area contributed by atoms with Crippen molar-refractivity contribution in [3.8, 4) is 29.1 Å². The summed E-state index contributed by atoms with van der Waals surface area (Å²) in [6.07, 6.45) is 5.27. The van der Waals surface area contributed by atoms with Crippen molar-refractivity contribution in [2.24, 2.45) is 11.8 Å². The highest BCUT2D eigenvalue weighted by Gasteiger charge is 2.46. The van der Waals surface area contributed by atoms with Gasteiger partial charge in [-0.1, -0.05) is 32.4 Å². The summed E-state index contributed by atoms with van der Waals surface area (Å²) in [5.41, 5.74) is 1.67. The van der Waals surface area contributed by atoms with E-state index in [9.17, 15) is 5.26 Å². The van der Waals surface area contributed by atoms with Gasteiger partial charge in [-0.15, -0.1) is 0 Å². The summed E-state index contributed by atoms with van der Waals surface area (Å²) in [6.45, 7) is 5.29. The van der Waals surface area contributed by atoms with Crippen LogP contribution in [0.5, 0.6) is 23.0 Å². The summed E-state index contributed by atoms with van der Waals surface area (Å²) in [5, 5.41) is 10.7. The van der Waals surface area contributed by atoms with E-state index in [2.05, 4.69) is 50.1 Å². The van der Waals surface area contributed by atoms with Gasteiger partial charge in [0.1, 0.15) is 0 Å². The second-order valence-electron chi connectivity index (χ2n) is 10.1. The fourth-order valence-corrected chi connectivity index (χ4v) is 5.92. The predicted octanol–water partition coefficient (Wildman–Crippen LogP) is 5.87. The number of benzene rings is 2. The average molecular weight is 495 g/mol. The van der Waals surface area contributed by atoms with Crippen molar-refractivity contribution in [2.75, 3.05) is 42.0 Å². The van der Waals surface area contributed by atoms with Crippen LogP contribution >= 0.6 is 0 Å². The third-order valence-electron chi connectivity index (χ3n) is 8.07. The van der Waals surface area contributed by atoms with Crippen LogP contribution < -0.4 is 18.9 Å². The monoisotopic (exact) mass is 494 g/mol. The Labute approximate surface area is 217 Å². The molecule has 196 valence electrons. The molecule has 2 aromatic carbocycles. The van der Waals surface area contributed by atoms with Crippen LogP contribution in [0.25, 0.3) is 0 Å². The van der Waals surface area contributed by atoms with Crippen LogP contribution in [0.3, 0.4) is 0 Å². The summed E-state index contributed by atoms with van der Waals surface area (Å²) >= 11 is 0. The summed E-state index contributed by atoms with van der Waals surface area (Å²) < 4.78 is 21.9. The predicted molar refractivity (Wildman–Crippen MR) is 143 cm³/mol. The largest absolute Gasteiger partial charge is 0.493 e. The molecule has 0 radical (unpaired) electrons. The molecule has 0 aromatic heterocycles. The number of methoxy groups -OCH3 is 4. The Morgan fingerprint density at radius 3 is 2.11 bits per heavy atom. The molecule has 1 saturated carbocycles. The molecule has 0 aliphatic heterocycles. The SMILES string of the molecule is COc1ccc(CCN(C)[C@@H]2CCC[C@H]([C@@](C#N)(c3ccc(OC)c(OC)c3)C(C)C)C2)cc1OC. The molecule has 1 aliphatic rings. The Bertz CT molecular complexity index is 1050. The highest BCUT2D eigenvalue weighted by molar-refractivity contribution is 5.48. The molecular formula is C30H42N2O4. The van der Waals surface area contributed by atoms with Gasteiger partial charge in [0.05, 0.1) is 39.9 Å². The van der Waals surface area contributed by atoms with Gasteiger partial charge in [0.25, 0.3) is 0 Å². The first-order chi connectivity index (χ1) is 17.3. The van der Waals surface area contributed by atoms with E-state index in [0.29, 0.717) is 17.5 Å². The molecule has 6 heteroatoms. The number of nitrogens with zero attached hydrogens (tertiary/aromatic N) is 2. The lowest BCUT2D eigenvalue weighted by Crippen LogP contribution is -2.46. The van der Waals surface area contributed by atoms with Gasteiger partial charge in [0, 0.05) is 12.6 Å². The number of nitriles is 1. The number of likely N-dealkylation sites (N-methyl/N-ethyl adjacent to an activating group) is 1. The maximum Gasteiger partial charge on any atom is 0.161 e. The van der Waals surface area contributed by atoms with Crippen molar-refractivity contribution < 1.29 is 18.9 Å². The quantitative estimate of drug-likeness (QED) is 0.389. The normalized spacial score (nSPS) is 19.4. The average Bonchev–Trinajstić information content (AvgIpc) is 2.92. The van der Waals surface area contributed by atoms with Crippen LogP contribution in [0.15, 0.2) is 36.4 Å². The van der Waals surface area contributed by atoms with Crippen LogP contribution in [-0.4, -0.2) is 53.0 Å². The maximum atomic E-state index is 10.7. The molecule has 0 heterocycles. The Morgan fingerprint density at radius 2 is 1.53 bits per heavy atom. The zero-order valence-corrected chi connectivity index (χ0v) is 23.0. The summed E-state index contributed by atoms with van der Waals surface area (Å²) in [7, 11) is 8.83. The number of ether oxygens (including phenoxy) is 4. The van der Waals surface area contributed by atoms with E-state index < -0.39 is 5.41 Å². The lowest BCUT2D eigenvalue weighted by atomic mass is 9.59. The van der Waals surface area contributed by atoms with Crippen molar-refractivity contribution >= 4 is 0 Å². The molecule has 0 unspecified atom stereocenters. The van der Waals surface area contributed by atoms with E-state index in [1.807, 2.05) is 18.2 Å². The van der Waals surface area contributed by atoms with Crippen molar-refractivity contribution in [1.29, 1.82) is 5.26 Å². The first-order valence-electron chi connectivity index (χ1n) is 12.9. The van der Waals surface area contributed by atoms with Crippen molar-refractivity contribution in [2.45, 2.75) is 57.4 Å². The highest BCUT2D eigenvalue weighted by Crippen LogP contribution is 2.48. The van der Waals surface area contributed by atoms with Crippen molar-refractivity contribution in [3.63, 3.8) is 0 Å². The van der Waals surface area contributed by atoms with Crippen LogP contribution in [0.4, 0.5) is 0 Å². The Balaban J connectivity index is 1.79. The van der Waals surface area contributed by atoms with Crippen LogP contribution in [-0.2, 0) is 11.8 Å². The first kappa shape index (κ1) is 27.7. The van der Waals surface area contributed by atoms with E-state index in [0.717, 1.165) is 55.7 Å². The lowest BCUT2D eigenvalue weighted by Gasteiger charge is -2.45. The highest BCUT2D eigenvalue weighted by atomic mass is 16.5. The molecule has 0 spiro atoms. The van der Waals surface area contributed by atoms with Gasteiger partial charge in [0.15, 0.2) is 23.0 Å². The first-order valence-corrected chi connectivity index (χ1v) is 12.9. The van der Waals surface area contributed by atoms with Gasteiger partial charge in [0.2, 0.25) is 0 Å². The number of hydrogen-bond donors (Lipinski definition) is 0. The number of hydrogen-bond acceptors (Lipinski definition) is 6. The van der Waals surface area contributed by atoms with Gasteiger partial charge in [-0.05, 0) is 80.0 Å². The second-order valence-corrected chi connectivity index (χ2v) is 10.1. The third-order valence-corrected chi connectivity index (χ3v) is 8.07. The van der Waals surface area contributed by atoms with Gasteiger partial charge >= 0.3 is 0 Å². The van der Waals surface area contributed by atoms with Crippen molar-refractivity contribution in [1.82, 2.24) is 4.90 Å². The Kier molecular flexibility index (Phi) is 9.50. The smallest absolute Gasteiger partial charge is 0.161 e. The molecule has 3 atom stereocenters. The lowest BCUT2D eigenvalue weighted by molar-refractivity contribution is 0.112. The van der Waals surface area contributed by atoms with E-state index in [1.165, 1.54) is 5.56 Å². The fourth-order valence-electron chi connectivity index (χ4n) is 5.92. The molecule has 6 nitrogen and oxygen atoms in total. The van der Waals surface area contributed by atoms with E-state index in [4.69, 9.17) is 18.9 Å². The van der Waals surface area contributed by atoms with Gasteiger partial charge in [-0.2, -0.15) is 5.26 Å². The Hall–Kier alpha value is -2.91. The fraction of sp³-hybridized carbons (Fsp3) is 0.567. The van der Waals surface area contributed by atoms with Crippen LogP contribution in [0.2, 0.25) is 0 Å². The van der Waals surface area contributed by atoms with Gasteiger partial charge < -0.3 is 23.8 Å². The zero-order chi connectivity index (χ0) is 26.3. The topological polar surface area (TPSA) is 64.0 Å². The molecule has 0 N–H and O–H groups in total. The second kappa shape index (κ2) is 12.4. The summed E-state index contributed by atoms with van der Waals surface area (Å²) in [4.78, 5) is 2.47. The maximum absolute atomic E-state index is 10.7. The minimum atomic E-state index is -0.581. The van der Waals surface area contributed by atoms with E-state index >= 15 is 0 Å². The van der Waals surface area contributed by atoms with Crippen LogP contribution in [0.1, 0.15) is 50.7 Å². The zero-order valence-electron chi connectivity index (χ0n) is 23.0. The van der Waals surface area contributed by atoms with Crippen LogP contribution in [0, 0.1) is 23.2 Å². The minimum Gasteiger partial charge on any atom is -0.493 e. The van der Waals surface area contributed by atoms with Crippen molar-refractivity contribution in [3.05, 3.63) is 47.5 Å². The van der Waals surface area contributed by atoms with E-state index in [1.54, 1.807) is 28.4 Å². The standard InChI is InChI=1S/C30H42N2O4/c1-21(2)30(20-31,24-12-14-27(34-5)29(19-24)36-7)23-9-8-10-25(18-23)32(3)16-15-22-11-13-26(33-4)28(17-22)35-6/h11-14,17,19,21,23,25H,8-10,15-16,18H2,1-7H3/t23-,25+,30-/m0/s1. The molecular weight excluding hydrogens is 452 g/mol. The molecule has 36 heavy (non-hydrogen) atoms. The molecule has 0 bridgehead atoms.